The summed E-state index contributed by atoms with van der Waals surface area (Å²) >= 11 is 0. The first-order valence-corrected chi connectivity index (χ1v) is 7.54. The highest BCUT2D eigenvalue weighted by atomic mass is 31.2. The summed E-state index contributed by atoms with van der Waals surface area (Å²) in [6.45, 7) is 1.97. The van der Waals surface area contributed by atoms with Gasteiger partial charge < -0.3 is 20.6 Å². The molecule has 0 aromatic heterocycles. The van der Waals surface area contributed by atoms with E-state index in [1.165, 1.54) is 6.08 Å². The Morgan fingerprint density at radius 2 is 1.95 bits per heavy atom. The smallest absolute Gasteiger partial charge is 0.361 e. The van der Waals surface area contributed by atoms with Crippen LogP contribution in [0.3, 0.4) is 0 Å². The minimum Gasteiger partial charge on any atom is -0.361 e. The van der Waals surface area contributed by atoms with Gasteiger partial charge in [-0.2, -0.15) is 4.79 Å². The van der Waals surface area contributed by atoms with E-state index < -0.39 is 7.60 Å². The largest absolute Gasteiger partial charge is 0.363 e. The Morgan fingerprint density at radius 3 is 2.50 bits per heavy atom. The molecule has 104 valence electrons. The summed E-state index contributed by atoms with van der Waals surface area (Å²) in [5, 5.41) is 2.79. The zero-order valence-electron chi connectivity index (χ0n) is 10.8. The monoisotopic (exact) mass is 291 g/mol. The number of nitrogens with one attached hydrogen (secondary N) is 1. The molecule has 0 saturated heterocycles. The van der Waals surface area contributed by atoms with Crippen LogP contribution in [-0.2, 0) is 4.57 Å². The van der Waals surface area contributed by atoms with Crippen LogP contribution in [0.25, 0.3) is 5.53 Å². The zero-order valence-corrected chi connectivity index (χ0v) is 11.7. The molecule has 1 aliphatic rings. The van der Waals surface area contributed by atoms with Gasteiger partial charge in [-0.05, 0) is 31.2 Å². The normalized spacial score (nSPS) is 15.2. The van der Waals surface area contributed by atoms with Gasteiger partial charge >= 0.3 is 13.3 Å². The van der Waals surface area contributed by atoms with E-state index in [1.54, 1.807) is 6.08 Å². The van der Waals surface area contributed by atoms with Gasteiger partial charge in [-0.25, -0.2) is 0 Å². The topological polar surface area (TPSA) is 106 Å². The van der Waals surface area contributed by atoms with Gasteiger partial charge in [-0.15, -0.1) is 0 Å². The van der Waals surface area contributed by atoms with Crippen molar-refractivity contribution in [1.29, 1.82) is 0 Å². The Balaban J connectivity index is 2.28. The van der Waals surface area contributed by atoms with E-state index in [0.717, 1.165) is 11.3 Å². The highest BCUT2D eigenvalue weighted by Gasteiger charge is 2.33. The Bertz CT molecular complexity index is 679. The lowest BCUT2D eigenvalue weighted by molar-refractivity contribution is -0.00600. The highest BCUT2D eigenvalue weighted by Crippen LogP contribution is 2.47. The van der Waals surface area contributed by atoms with E-state index in [4.69, 9.17) is 5.53 Å². The molecule has 6 nitrogen and oxygen atoms in total. The minimum absolute atomic E-state index is 0.0206. The molecule has 0 spiro atoms. The fourth-order valence-electron chi connectivity index (χ4n) is 1.84. The van der Waals surface area contributed by atoms with Crippen LogP contribution >= 0.6 is 7.60 Å². The van der Waals surface area contributed by atoms with Crippen LogP contribution in [0.5, 0.6) is 0 Å². The van der Waals surface area contributed by atoms with E-state index in [2.05, 4.69) is 10.1 Å². The molecule has 0 radical (unpaired) electrons. The van der Waals surface area contributed by atoms with Crippen molar-refractivity contribution in [1.82, 2.24) is 0 Å². The van der Waals surface area contributed by atoms with Crippen molar-refractivity contribution < 1.29 is 19.1 Å². The van der Waals surface area contributed by atoms with Crippen LogP contribution in [0.15, 0.2) is 47.4 Å². The second-order valence-corrected chi connectivity index (χ2v) is 6.04. The van der Waals surface area contributed by atoms with Gasteiger partial charge in [0, 0.05) is 11.4 Å². The number of allylic oxidation sites excluding steroid dienone is 3. The van der Waals surface area contributed by atoms with Gasteiger partial charge in [-0.3, -0.25) is 4.57 Å². The molecule has 1 aromatic carbocycles. The number of hydrogen-bond acceptors (Lipinski definition) is 2. The van der Waals surface area contributed by atoms with Crippen molar-refractivity contribution in [2.75, 3.05) is 5.32 Å². The third-order valence-electron chi connectivity index (χ3n) is 2.88. The molecule has 0 atom stereocenters. The molecule has 0 aliphatic heterocycles. The maximum absolute atomic E-state index is 11.4. The SMILES string of the molecule is Cc1ccc(NC2=CCC(=[N+]=[N-])C(P(=O)(O)O)=C2)cc1. The predicted molar refractivity (Wildman–Crippen MR) is 76.3 cm³/mol. The average molecular weight is 291 g/mol. The lowest BCUT2D eigenvalue weighted by atomic mass is 10.1. The summed E-state index contributed by atoms with van der Waals surface area (Å²) in [5.41, 5.74) is 11.3. The number of benzene rings is 1. The van der Waals surface area contributed by atoms with E-state index in [1.807, 2.05) is 31.2 Å². The Morgan fingerprint density at radius 1 is 1.30 bits per heavy atom. The molecule has 0 amide bonds. The summed E-state index contributed by atoms with van der Waals surface area (Å²) in [6, 6.07) is 7.60. The van der Waals surface area contributed by atoms with Crippen LogP contribution in [-0.4, -0.2) is 20.3 Å². The number of aryl methyl sites for hydroxylation is 1. The van der Waals surface area contributed by atoms with Gasteiger partial charge in [0.05, 0.1) is 6.42 Å². The fraction of sp³-hybridized carbons (Fsp3) is 0.154. The van der Waals surface area contributed by atoms with E-state index >= 15 is 0 Å². The summed E-state index contributed by atoms with van der Waals surface area (Å²) in [5.74, 6) is 0. The van der Waals surface area contributed by atoms with Crippen molar-refractivity contribution in [2.45, 2.75) is 13.3 Å². The highest BCUT2D eigenvalue weighted by molar-refractivity contribution is 7.58. The third-order valence-corrected chi connectivity index (χ3v) is 3.89. The number of nitrogens with zero attached hydrogens (tertiary/aromatic N) is 2. The molecule has 0 fully saturated rings. The van der Waals surface area contributed by atoms with Gasteiger partial charge in [-0.1, -0.05) is 17.7 Å². The Hall–Kier alpha value is -1.97. The first-order valence-electron chi connectivity index (χ1n) is 5.93. The molecular formula is C13H14N3O3P. The van der Waals surface area contributed by atoms with Crippen LogP contribution in [0.1, 0.15) is 12.0 Å². The predicted octanol–water partition coefficient (Wildman–Crippen LogP) is 2.43. The maximum atomic E-state index is 11.4. The first-order chi connectivity index (χ1) is 9.40. The number of rotatable bonds is 3. The van der Waals surface area contributed by atoms with E-state index in [0.29, 0.717) is 5.70 Å². The Labute approximate surface area is 116 Å². The van der Waals surface area contributed by atoms with Crippen LogP contribution in [0, 0.1) is 6.92 Å². The number of anilines is 1. The van der Waals surface area contributed by atoms with Crippen molar-refractivity contribution in [3.05, 3.63) is 58.5 Å². The van der Waals surface area contributed by atoms with Gasteiger partial charge in [0.1, 0.15) is 0 Å². The van der Waals surface area contributed by atoms with Crippen molar-refractivity contribution in [2.24, 2.45) is 0 Å². The first kappa shape index (κ1) is 14.4. The molecule has 2 rings (SSSR count). The molecule has 3 N–H and O–H groups in total. The van der Waals surface area contributed by atoms with Gasteiger partial charge in [0.2, 0.25) is 0 Å². The van der Waals surface area contributed by atoms with Crippen LogP contribution < -0.4 is 5.32 Å². The maximum Gasteiger partial charge on any atom is 0.363 e. The van der Waals surface area contributed by atoms with Crippen molar-refractivity contribution >= 4 is 19.0 Å². The molecule has 0 bridgehead atoms. The molecule has 0 saturated carbocycles. The molecule has 1 aliphatic carbocycles. The van der Waals surface area contributed by atoms with Crippen LogP contribution in [0.2, 0.25) is 0 Å². The van der Waals surface area contributed by atoms with Gasteiger partial charge in [0.25, 0.3) is 0 Å². The molecular weight excluding hydrogens is 277 g/mol. The van der Waals surface area contributed by atoms with E-state index in [9.17, 15) is 14.4 Å². The Kier molecular flexibility index (Phi) is 4.02. The third kappa shape index (κ3) is 3.32. The number of hydrogen-bond donors (Lipinski definition) is 3. The van der Waals surface area contributed by atoms with E-state index in [-0.39, 0.29) is 17.4 Å². The minimum atomic E-state index is -4.47. The summed E-state index contributed by atoms with van der Waals surface area (Å²) in [7, 11) is -4.47. The lowest BCUT2D eigenvalue weighted by Crippen LogP contribution is -2.12. The molecule has 7 heteroatoms. The second kappa shape index (κ2) is 5.57. The summed E-state index contributed by atoms with van der Waals surface area (Å²) in [4.78, 5) is 21.5. The standard InChI is InChI=1S/C13H14N3O3P/c1-9-2-4-10(5-3-9)15-11-6-7-12(16-14)13(8-11)20(17,18)19/h2-6,8,15H,7H2,1H3,(H2,17,18,19). The second-order valence-electron chi connectivity index (χ2n) is 4.47. The quantitative estimate of drug-likeness (QED) is 0.451. The van der Waals surface area contributed by atoms with Gasteiger partial charge in [0.15, 0.2) is 5.31 Å². The molecule has 20 heavy (non-hydrogen) atoms. The average Bonchev–Trinajstić information content (AvgIpc) is 2.40. The summed E-state index contributed by atoms with van der Waals surface area (Å²) < 4.78 is 11.4. The molecule has 1 aromatic rings. The molecule has 0 unspecified atom stereocenters. The van der Waals surface area contributed by atoms with Crippen molar-refractivity contribution in [3.8, 4) is 0 Å². The fourth-order valence-corrected chi connectivity index (χ4v) is 2.62. The lowest BCUT2D eigenvalue weighted by Gasteiger charge is -2.14. The molecule has 0 heterocycles. The summed E-state index contributed by atoms with van der Waals surface area (Å²) in [6.07, 6.45) is 3.16. The zero-order chi connectivity index (χ0) is 14.8. The van der Waals surface area contributed by atoms with Crippen LogP contribution in [0.4, 0.5) is 5.69 Å². The van der Waals surface area contributed by atoms with Crippen molar-refractivity contribution in [3.63, 3.8) is 0 Å².